The lowest BCUT2D eigenvalue weighted by molar-refractivity contribution is 0.194. The molecule has 1 fully saturated rings. The summed E-state index contributed by atoms with van der Waals surface area (Å²) in [5, 5.41) is 15.4. The van der Waals surface area contributed by atoms with Crippen LogP contribution in [0.2, 0.25) is 0 Å². The minimum absolute atomic E-state index is 0. The number of likely N-dealkylation sites (tertiary alicyclic amines) is 1. The number of halogens is 1. The minimum Gasteiger partial charge on any atom is -0.385 e. The Hall–Kier alpha value is -1.72. The lowest BCUT2D eigenvalue weighted by atomic mass is 10.0. The van der Waals surface area contributed by atoms with E-state index in [1.165, 1.54) is 11.1 Å². The first kappa shape index (κ1) is 26.5. The normalized spacial score (nSPS) is 15.4. The van der Waals surface area contributed by atoms with Gasteiger partial charge < -0.3 is 19.9 Å². The highest BCUT2D eigenvalue weighted by molar-refractivity contribution is 14.0. The van der Waals surface area contributed by atoms with Crippen molar-refractivity contribution in [1.82, 2.24) is 30.3 Å². The second-order valence-electron chi connectivity index (χ2n) is 8.28. The summed E-state index contributed by atoms with van der Waals surface area (Å²) in [6.45, 7) is 9.41. The number of nitrogens with one attached hydrogen (secondary N) is 2. The third-order valence-corrected chi connectivity index (χ3v) is 5.96. The Morgan fingerprint density at radius 1 is 1.19 bits per heavy atom. The molecule has 0 unspecified atom stereocenters. The molecule has 1 aromatic carbocycles. The van der Waals surface area contributed by atoms with E-state index in [4.69, 9.17) is 9.73 Å². The molecule has 8 nitrogen and oxygen atoms in total. The van der Waals surface area contributed by atoms with Gasteiger partial charge in [0, 0.05) is 53.0 Å². The molecule has 32 heavy (non-hydrogen) atoms. The van der Waals surface area contributed by atoms with Gasteiger partial charge in [0.2, 0.25) is 0 Å². The number of piperidine rings is 1. The van der Waals surface area contributed by atoms with Crippen molar-refractivity contribution >= 4 is 29.9 Å². The number of guanidine groups is 1. The average Bonchev–Trinajstić information content (AvgIpc) is 3.10. The Labute approximate surface area is 209 Å². The molecule has 3 rings (SSSR count). The minimum atomic E-state index is 0. The topological polar surface area (TPSA) is 79.6 Å². The lowest BCUT2D eigenvalue weighted by Gasteiger charge is -2.33. The Balaban J connectivity index is 0.00000363. The first-order chi connectivity index (χ1) is 15.1. The molecule has 2 heterocycles. The van der Waals surface area contributed by atoms with Gasteiger partial charge in [0.1, 0.15) is 12.4 Å². The maximum atomic E-state index is 5.16. The molecule has 2 aromatic rings. The van der Waals surface area contributed by atoms with Crippen molar-refractivity contribution in [2.75, 3.05) is 33.4 Å². The molecule has 0 aliphatic carbocycles. The van der Waals surface area contributed by atoms with Crippen LogP contribution in [0.3, 0.4) is 0 Å². The van der Waals surface area contributed by atoms with Crippen molar-refractivity contribution in [1.29, 1.82) is 0 Å². The Kier molecular flexibility index (Phi) is 11.4. The van der Waals surface area contributed by atoms with Gasteiger partial charge in [0.15, 0.2) is 11.8 Å². The predicted molar refractivity (Wildman–Crippen MR) is 139 cm³/mol. The van der Waals surface area contributed by atoms with Crippen LogP contribution < -0.4 is 10.6 Å². The molecule has 1 aliphatic rings. The van der Waals surface area contributed by atoms with E-state index in [0.29, 0.717) is 12.6 Å². The molecular formula is C23H38IN7O. The highest BCUT2D eigenvalue weighted by Crippen LogP contribution is 2.16. The van der Waals surface area contributed by atoms with E-state index in [1.54, 1.807) is 7.11 Å². The molecule has 9 heteroatoms. The van der Waals surface area contributed by atoms with Crippen LogP contribution >= 0.6 is 24.0 Å². The van der Waals surface area contributed by atoms with Gasteiger partial charge in [-0.2, -0.15) is 0 Å². The van der Waals surface area contributed by atoms with Crippen molar-refractivity contribution in [2.24, 2.45) is 12.0 Å². The molecule has 0 radical (unpaired) electrons. The van der Waals surface area contributed by atoms with Crippen LogP contribution in [0.5, 0.6) is 0 Å². The van der Waals surface area contributed by atoms with E-state index in [0.717, 1.165) is 69.7 Å². The number of aromatic nitrogens is 3. The summed E-state index contributed by atoms with van der Waals surface area (Å²) in [4.78, 5) is 7.32. The zero-order valence-electron chi connectivity index (χ0n) is 19.8. The van der Waals surface area contributed by atoms with E-state index in [1.807, 2.05) is 18.5 Å². The number of methoxy groups -OCH3 is 1. The Morgan fingerprint density at radius 3 is 2.59 bits per heavy atom. The number of benzene rings is 1. The standard InChI is InChI=1S/C23H37N7O.HI/c1-18-8-5-6-9-20(18)17-30-13-10-21(11-14-30)26-23(24-12-7-15-31-4)25-16-22-28-27-19(2)29(22)3;/h5-6,8-9,21H,7,10-17H2,1-4H3,(H2,24,25,26);1H. The van der Waals surface area contributed by atoms with Gasteiger partial charge >= 0.3 is 0 Å². The third-order valence-electron chi connectivity index (χ3n) is 5.96. The zero-order valence-corrected chi connectivity index (χ0v) is 22.1. The number of ether oxygens (including phenoxy) is 1. The molecule has 0 saturated carbocycles. The van der Waals surface area contributed by atoms with Crippen molar-refractivity contribution in [3.05, 3.63) is 47.0 Å². The number of hydrogen-bond acceptors (Lipinski definition) is 5. The highest BCUT2D eigenvalue weighted by Gasteiger charge is 2.20. The van der Waals surface area contributed by atoms with Crippen LogP contribution in [0, 0.1) is 13.8 Å². The molecule has 0 bridgehead atoms. The Morgan fingerprint density at radius 2 is 1.94 bits per heavy atom. The quantitative estimate of drug-likeness (QED) is 0.215. The first-order valence-corrected chi connectivity index (χ1v) is 11.2. The smallest absolute Gasteiger partial charge is 0.191 e. The monoisotopic (exact) mass is 555 g/mol. The first-order valence-electron chi connectivity index (χ1n) is 11.2. The number of rotatable bonds is 9. The highest BCUT2D eigenvalue weighted by atomic mass is 127. The fourth-order valence-corrected chi connectivity index (χ4v) is 3.77. The summed E-state index contributed by atoms with van der Waals surface area (Å²) in [6.07, 6.45) is 3.15. The van der Waals surface area contributed by atoms with E-state index < -0.39 is 0 Å². The number of hydrogen-bond donors (Lipinski definition) is 2. The Bertz CT molecular complexity index is 847. The summed E-state index contributed by atoms with van der Waals surface area (Å²) in [5.74, 6) is 2.60. The summed E-state index contributed by atoms with van der Waals surface area (Å²) >= 11 is 0. The third kappa shape index (κ3) is 8.00. The number of aryl methyl sites for hydroxylation is 2. The van der Waals surface area contributed by atoms with Gasteiger partial charge in [0.25, 0.3) is 0 Å². The van der Waals surface area contributed by atoms with Crippen molar-refractivity contribution in [2.45, 2.75) is 52.2 Å². The van der Waals surface area contributed by atoms with Crippen molar-refractivity contribution < 1.29 is 4.74 Å². The van der Waals surface area contributed by atoms with E-state index in [-0.39, 0.29) is 24.0 Å². The summed E-state index contributed by atoms with van der Waals surface area (Å²) in [6, 6.07) is 9.09. The zero-order chi connectivity index (χ0) is 22.1. The summed E-state index contributed by atoms with van der Waals surface area (Å²) in [5.41, 5.74) is 2.80. The summed E-state index contributed by atoms with van der Waals surface area (Å²) in [7, 11) is 3.71. The van der Waals surface area contributed by atoms with E-state index in [2.05, 4.69) is 56.9 Å². The fraction of sp³-hybridized carbons (Fsp3) is 0.609. The number of aliphatic imine (C=N–C) groups is 1. The second-order valence-corrected chi connectivity index (χ2v) is 8.28. The molecule has 0 amide bonds. The van der Waals surface area contributed by atoms with Gasteiger partial charge in [-0.3, -0.25) is 4.90 Å². The van der Waals surface area contributed by atoms with Gasteiger partial charge in [-0.15, -0.1) is 34.2 Å². The largest absolute Gasteiger partial charge is 0.385 e. The van der Waals surface area contributed by atoms with Gasteiger partial charge in [-0.05, 0) is 44.2 Å². The second kappa shape index (κ2) is 13.7. The molecule has 1 aromatic heterocycles. The van der Waals surface area contributed by atoms with Crippen LogP contribution in [0.4, 0.5) is 0 Å². The van der Waals surface area contributed by atoms with Gasteiger partial charge in [-0.25, -0.2) is 4.99 Å². The van der Waals surface area contributed by atoms with Crippen LogP contribution in [-0.2, 0) is 24.9 Å². The predicted octanol–water partition coefficient (Wildman–Crippen LogP) is 2.79. The van der Waals surface area contributed by atoms with Crippen LogP contribution in [0.1, 0.15) is 42.0 Å². The molecular weight excluding hydrogens is 517 g/mol. The number of nitrogens with zero attached hydrogens (tertiary/aromatic N) is 5. The van der Waals surface area contributed by atoms with Crippen molar-refractivity contribution in [3.8, 4) is 0 Å². The van der Waals surface area contributed by atoms with Gasteiger partial charge in [0.05, 0.1) is 0 Å². The molecule has 1 aliphatic heterocycles. The fourth-order valence-electron chi connectivity index (χ4n) is 3.77. The van der Waals surface area contributed by atoms with Crippen LogP contribution in [0.15, 0.2) is 29.3 Å². The van der Waals surface area contributed by atoms with Crippen molar-refractivity contribution in [3.63, 3.8) is 0 Å². The molecule has 0 atom stereocenters. The maximum Gasteiger partial charge on any atom is 0.191 e. The molecule has 1 saturated heterocycles. The maximum absolute atomic E-state index is 5.16. The van der Waals surface area contributed by atoms with E-state index in [9.17, 15) is 0 Å². The molecule has 0 spiro atoms. The van der Waals surface area contributed by atoms with Crippen LogP contribution in [0.25, 0.3) is 0 Å². The SMILES string of the molecule is COCCCNC(=NCc1nnc(C)n1C)NC1CCN(Cc2ccccc2C)CC1.I. The molecule has 178 valence electrons. The van der Waals surface area contributed by atoms with Crippen LogP contribution in [-0.4, -0.2) is 65.0 Å². The van der Waals surface area contributed by atoms with Gasteiger partial charge in [-0.1, -0.05) is 24.3 Å². The lowest BCUT2D eigenvalue weighted by Crippen LogP contribution is -2.48. The summed E-state index contributed by atoms with van der Waals surface area (Å²) < 4.78 is 7.15. The molecule has 2 N–H and O–H groups in total. The van der Waals surface area contributed by atoms with E-state index >= 15 is 0 Å². The average molecular weight is 556 g/mol.